The average Bonchev–Trinajstić information content (AvgIpc) is 3.40. The maximum absolute atomic E-state index is 9.21. The van der Waals surface area contributed by atoms with Crippen LogP contribution in [-0.2, 0) is 17.8 Å². The van der Waals surface area contributed by atoms with Crippen molar-refractivity contribution in [2.45, 2.75) is 32.0 Å². The summed E-state index contributed by atoms with van der Waals surface area (Å²) in [6.45, 7) is 2.34. The van der Waals surface area contributed by atoms with Gasteiger partial charge < -0.3 is 30.0 Å². The zero-order chi connectivity index (χ0) is 27.4. The van der Waals surface area contributed by atoms with Gasteiger partial charge in [0.1, 0.15) is 23.1 Å². The van der Waals surface area contributed by atoms with E-state index in [1.165, 1.54) is 14.2 Å². The second-order valence-electron chi connectivity index (χ2n) is 9.18. The van der Waals surface area contributed by atoms with Gasteiger partial charge in [0.25, 0.3) is 0 Å². The monoisotopic (exact) mass is 572 g/mol. The van der Waals surface area contributed by atoms with E-state index in [0.717, 1.165) is 41.6 Å². The molecule has 0 spiro atoms. The summed E-state index contributed by atoms with van der Waals surface area (Å²) in [7, 11) is 3.07. The number of aromatic nitrogens is 4. The molecule has 12 heteroatoms. The third-order valence-corrected chi connectivity index (χ3v) is 7.28. The number of hydrogen-bond donors (Lipinski definition) is 3. The Hall–Kier alpha value is -3.31. The third kappa shape index (κ3) is 5.99. The minimum absolute atomic E-state index is 0.0170. The molecular weight excluding hydrogens is 543 g/mol. The maximum atomic E-state index is 9.21. The fourth-order valence-corrected chi connectivity index (χ4v) is 5.26. The van der Waals surface area contributed by atoms with Crippen LogP contribution in [0.4, 0.5) is 11.6 Å². The first kappa shape index (κ1) is 27.3. The number of ether oxygens (including phenoxy) is 3. The van der Waals surface area contributed by atoms with Crippen LogP contribution in [0.15, 0.2) is 36.8 Å². The molecule has 1 aromatic carbocycles. The number of nitrogens with zero attached hydrogens (tertiary/aromatic N) is 4. The maximum Gasteiger partial charge on any atom is 0.141 e. The van der Waals surface area contributed by atoms with Crippen molar-refractivity contribution < 1.29 is 19.3 Å². The molecule has 39 heavy (non-hydrogen) atoms. The first-order valence-electron chi connectivity index (χ1n) is 12.6. The van der Waals surface area contributed by atoms with Gasteiger partial charge >= 0.3 is 0 Å². The van der Waals surface area contributed by atoms with E-state index in [1.807, 2.05) is 18.3 Å². The van der Waals surface area contributed by atoms with Crippen molar-refractivity contribution in [3.05, 3.63) is 52.4 Å². The molecule has 0 saturated carbocycles. The number of rotatable bonds is 10. The van der Waals surface area contributed by atoms with Gasteiger partial charge in [0.2, 0.25) is 0 Å². The van der Waals surface area contributed by atoms with E-state index in [0.29, 0.717) is 58.3 Å². The Labute approximate surface area is 236 Å². The molecule has 10 nitrogen and oxygen atoms in total. The van der Waals surface area contributed by atoms with E-state index in [1.54, 1.807) is 23.1 Å². The Balaban J connectivity index is 1.57. The van der Waals surface area contributed by atoms with Crippen molar-refractivity contribution in [3.63, 3.8) is 0 Å². The summed E-state index contributed by atoms with van der Waals surface area (Å²) in [5.74, 6) is 2.21. The molecule has 0 aliphatic carbocycles. The highest BCUT2D eigenvalue weighted by atomic mass is 35.5. The van der Waals surface area contributed by atoms with Crippen LogP contribution in [0.5, 0.6) is 11.5 Å². The molecule has 1 aliphatic heterocycles. The summed E-state index contributed by atoms with van der Waals surface area (Å²) in [5.41, 5.74) is 1.97. The Bertz CT molecular complexity index is 1430. The minimum atomic E-state index is 0.0170. The Kier molecular flexibility index (Phi) is 8.56. The molecule has 1 unspecified atom stereocenters. The number of methoxy groups -OCH3 is 2. The normalized spacial score (nSPS) is 15.4. The van der Waals surface area contributed by atoms with E-state index in [9.17, 15) is 5.11 Å². The summed E-state index contributed by atoms with van der Waals surface area (Å²) in [6, 6.07) is 5.72. The first-order valence-corrected chi connectivity index (χ1v) is 13.4. The van der Waals surface area contributed by atoms with Crippen LogP contribution in [0.2, 0.25) is 10.0 Å². The first-order chi connectivity index (χ1) is 19.0. The van der Waals surface area contributed by atoms with Gasteiger partial charge in [-0.1, -0.05) is 23.2 Å². The number of fused-ring (bicyclic) bond motifs is 1. The van der Waals surface area contributed by atoms with Crippen LogP contribution in [0.1, 0.15) is 18.4 Å². The molecular formula is C27H30Cl2N6O4. The van der Waals surface area contributed by atoms with Crippen molar-refractivity contribution in [2.24, 2.45) is 0 Å². The van der Waals surface area contributed by atoms with Gasteiger partial charge in [-0.2, -0.15) is 5.10 Å². The van der Waals surface area contributed by atoms with Gasteiger partial charge in [-0.3, -0.25) is 4.68 Å². The molecule has 4 heterocycles. The Morgan fingerprint density at radius 3 is 2.62 bits per heavy atom. The number of aliphatic hydroxyl groups excluding tert-OH is 1. The molecule has 3 aromatic heterocycles. The van der Waals surface area contributed by atoms with Crippen molar-refractivity contribution in [1.29, 1.82) is 0 Å². The van der Waals surface area contributed by atoms with Gasteiger partial charge in [0, 0.05) is 53.5 Å². The molecule has 1 aliphatic rings. The van der Waals surface area contributed by atoms with Crippen LogP contribution in [0.3, 0.4) is 0 Å². The molecule has 0 bridgehead atoms. The van der Waals surface area contributed by atoms with E-state index < -0.39 is 0 Å². The van der Waals surface area contributed by atoms with E-state index in [2.05, 4.69) is 20.7 Å². The third-order valence-electron chi connectivity index (χ3n) is 6.53. The summed E-state index contributed by atoms with van der Waals surface area (Å²) >= 11 is 13.5. The van der Waals surface area contributed by atoms with Gasteiger partial charge in [0.05, 0.1) is 62.0 Å². The lowest BCUT2D eigenvalue weighted by atomic mass is 10.1. The predicted octanol–water partition coefficient (Wildman–Crippen LogP) is 5.01. The molecule has 1 saturated heterocycles. The Morgan fingerprint density at radius 2 is 1.92 bits per heavy atom. The van der Waals surface area contributed by atoms with Crippen LogP contribution >= 0.6 is 23.2 Å². The lowest BCUT2D eigenvalue weighted by molar-refractivity contribution is 0.0875. The number of halogens is 2. The summed E-state index contributed by atoms with van der Waals surface area (Å²) in [5, 5.41) is 22.8. The smallest absolute Gasteiger partial charge is 0.141 e. The van der Waals surface area contributed by atoms with Crippen molar-refractivity contribution >= 4 is 45.6 Å². The lowest BCUT2D eigenvalue weighted by Crippen LogP contribution is -2.30. The molecule has 3 N–H and O–H groups in total. The fourth-order valence-electron chi connectivity index (χ4n) is 4.57. The van der Waals surface area contributed by atoms with Crippen LogP contribution < -0.4 is 20.1 Å². The highest BCUT2D eigenvalue weighted by Crippen LogP contribution is 2.46. The second-order valence-corrected chi connectivity index (χ2v) is 9.93. The quantitative estimate of drug-likeness (QED) is 0.241. The van der Waals surface area contributed by atoms with Crippen molar-refractivity contribution in [1.82, 2.24) is 19.7 Å². The fraction of sp³-hybridized carbons (Fsp3) is 0.370. The van der Waals surface area contributed by atoms with E-state index in [-0.39, 0.29) is 12.6 Å². The van der Waals surface area contributed by atoms with Crippen LogP contribution in [0.25, 0.3) is 22.0 Å². The molecule has 1 fully saturated rings. The van der Waals surface area contributed by atoms with Crippen LogP contribution in [0, 0.1) is 0 Å². The number of anilines is 2. The van der Waals surface area contributed by atoms with Gasteiger partial charge in [-0.05, 0) is 25.0 Å². The minimum Gasteiger partial charge on any atom is -0.495 e. The summed E-state index contributed by atoms with van der Waals surface area (Å²) in [4.78, 5) is 9.61. The summed E-state index contributed by atoms with van der Waals surface area (Å²) in [6.07, 6.45) is 7.48. The molecule has 206 valence electrons. The number of pyridine rings is 2. The standard InChI is InChI=1S/C27H30Cl2N6O4/c1-37-21-10-22(38-2)26(29)24(25(21)28)20-8-17-13-30-23(33-18-4-3-7-39-15-18)9-19(17)27(34-20)31-11-16-12-32-35(14-16)5-6-36/h8-10,12-14,18,36H,3-7,11,15H2,1-2H3,(H,30,33)(H,31,34). The number of hydrogen-bond acceptors (Lipinski definition) is 9. The van der Waals surface area contributed by atoms with Gasteiger partial charge in [0.15, 0.2) is 0 Å². The zero-order valence-corrected chi connectivity index (χ0v) is 23.2. The topological polar surface area (TPSA) is 116 Å². The molecule has 4 aromatic rings. The van der Waals surface area contributed by atoms with Crippen molar-refractivity contribution in [2.75, 3.05) is 44.7 Å². The molecule has 1 atom stereocenters. The highest BCUT2D eigenvalue weighted by Gasteiger charge is 2.22. The SMILES string of the molecule is COc1cc(OC)c(Cl)c(-c2cc3cnc(NC4CCCOC4)cc3c(NCc3cnn(CCO)c3)n2)c1Cl. The van der Waals surface area contributed by atoms with E-state index in [4.69, 9.17) is 42.4 Å². The zero-order valence-electron chi connectivity index (χ0n) is 21.7. The number of benzene rings is 1. The van der Waals surface area contributed by atoms with Gasteiger partial charge in [-0.25, -0.2) is 9.97 Å². The van der Waals surface area contributed by atoms with Gasteiger partial charge in [-0.15, -0.1) is 0 Å². The Morgan fingerprint density at radius 1 is 1.13 bits per heavy atom. The van der Waals surface area contributed by atoms with Crippen LogP contribution in [-0.4, -0.2) is 64.9 Å². The average molecular weight is 573 g/mol. The summed E-state index contributed by atoms with van der Waals surface area (Å²) < 4.78 is 18.2. The van der Waals surface area contributed by atoms with E-state index >= 15 is 0 Å². The lowest BCUT2D eigenvalue weighted by Gasteiger charge is -2.24. The predicted molar refractivity (Wildman–Crippen MR) is 152 cm³/mol. The molecule has 0 radical (unpaired) electrons. The highest BCUT2D eigenvalue weighted by molar-refractivity contribution is 6.41. The number of aliphatic hydroxyl groups is 1. The molecule has 5 rings (SSSR count). The van der Waals surface area contributed by atoms with Crippen molar-refractivity contribution in [3.8, 4) is 22.8 Å². The molecule has 0 amide bonds. The number of nitrogens with one attached hydrogen (secondary N) is 2. The second kappa shape index (κ2) is 12.3. The largest absolute Gasteiger partial charge is 0.495 e.